The smallest absolute Gasteiger partial charge is 0.191 e. The molecule has 1 atom stereocenters. The maximum Gasteiger partial charge on any atom is 0.191 e. The first-order chi connectivity index (χ1) is 9.65. The Morgan fingerprint density at radius 2 is 2.15 bits per heavy atom. The number of rotatable bonds is 9. The first kappa shape index (κ1) is 17.0. The third-order valence-electron chi connectivity index (χ3n) is 3.19. The zero-order valence-corrected chi connectivity index (χ0v) is 14.0. The molecule has 6 heteroatoms. The summed E-state index contributed by atoms with van der Waals surface area (Å²) in [6, 6.07) is 2.44. The molecular weight excluding hydrogens is 272 g/mol. The lowest BCUT2D eigenvalue weighted by molar-refractivity contribution is 0.203. The fourth-order valence-electron chi connectivity index (χ4n) is 1.89. The van der Waals surface area contributed by atoms with E-state index in [0.717, 1.165) is 36.3 Å². The van der Waals surface area contributed by atoms with Crippen LogP contribution < -0.4 is 10.2 Å². The molecule has 0 fully saturated rings. The summed E-state index contributed by atoms with van der Waals surface area (Å²) in [5.41, 5.74) is 0. The number of nitrogens with one attached hydrogen (secondary N) is 1. The van der Waals surface area contributed by atoms with E-state index in [1.54, 1.807) is 18.9 Å². The molecule has 1 unspecified atom stereocenters. The lowest BCUT2D eigenvalue weighted by atomic mass is 10.2. The Morgan fingerprint density at radius 3 is 2.70 bits per heavy atom. The van der Waals surface area contributed by atoms with Crippen LogP contribution >= 0.6 is 11.8 Å². The largest absolute Gasteiger partial charge is 0.383 e. The number of ether oxygens (including phenoxy) is 1. The van der Waals surface area contributed by atoms with Gasteiger partial charge in [0.2, 0.25) is 0 Å². The number of thioether (sulfide) groups is 1. The minimum absolute atomic E-state index is 0.421. The Labute approximate surface area is 126 Å². The lowest BCUT2D eigenvalue weighted by Gasteiger charge is -2.30. The summed E-state index contributed by atoms with van der Waals surface area (Å²) in [4.78, 5) is 11.4. The summed E-state index contributed by atoms with van der Waals surface area (Å²) in [5.74, 6) is 1.85. The van der Waals surface area contributed by atoms with Crippen molar-refractivity contribution in [1.29, 1.82) is 0 Å². The number of hydrogen-bond donors (Lipinski definition) is 1. The molecule has 20 heavy (non-hydrogen) atoms. The van der Waals surface area contributed by atoms with Crippen LogP contribution in [0, 0.1) is 0 Å². The van der Waals surface area contributed by atoms with E-state index in [9.17, 15) is 0 Å². The van der Waals surface area contributed by atoms with Gasteiger partial charge in [-0.05, 0) is 26.5 Å². The second-order valence-electron chi connectivity index (χ2n) is 4.57. The SMILES string of the molecule is CCNc1cc(N(CCOC)C(C)CC)nc(SC)n1. The number of anilines is 2. The van der Waals surface area contributed by atoms with Gasteiger partial charge in [0, 0.05) is 32.3 Å². The van der Waals surface area contributed by atoms with Gasteiger partial charge in [0.15, 0.2) is 5.16 Å². The van der Waals surface area contributed by atoms with E-state index in [1.807, 2.05) is 12.3 Å². The van der Waals surface area contributed by atoms with Gasteiger partial charge in [0.25, 0.3) is 0 Å². The number of nitrogens with zero attached hydrogens (tertiary/aromatic N) is 3. The fraction of sp³-hybridized carbons (Fsp3) is 0.714. The summed E-state index contributed by atoms with van der Waals surface area (Å²) in [6.45, 7) is 8.85. The van der Waals surface area contributed by atoms with Crippen LogP contribution in [0.5, 0.6) is 0 Å². The molecule has 0 aromatic carbocycles. The third kappa shape index (κ3) is 4.83. The Kier molecular flexibility index (Phi) is 7.69. The van der Waals surface area contributed by atoms with Crippen LogP contribution in [0.2, 0.25) is 0 Å². The third-order valence-corrected chi connectivity index (χ3v) is 3.73. The quantitative estimate of drug-likeness (QED) is 0.559. The maximum absolute atomic E-state index is 5.22. The normalized spacial score (nSPS) is 12.2. The van der Waals surface area contributed by atoms with Gasteiger partial charge in [-0.1, -0.05) is 18.7 Å². The van der Waals surface area contributed by atoms with Gasteiger partial charge in [0.1, 0.15) is 11.6 Å². The molecule has 0 aliphatic rings. The average molecular weight is 298 g/mol. The van der Waals surface area contributed by atoms with E-state index in [0.29, 0.717) is 12.6 Å². The van der Waals surface area contributed by atoms with Crippen LogP contribution in [0.3, 0.4) is 0 Å². The summed E-state index contributed by atoms with van der Waals surface area (Å²) >= 11 is 1.56. The molecule has 0 amide bonds. The molecule has 114 valence electrons. The van der Waals surface area contributed by atoms with Crippen LogP contribution in [-0.2, 0) is 4.74 Å². The minimum Gasteiger partial charge on any atom is -0.383 e. The molecule has 1 aromatic rings. The van der Waals surface area contributed by atoms with Gasteiger partial charge < -0.3 is 15.0 Å². The van der Waals surface area contributed by atoms with Crippen LogP contribution in [0.25, 0.3) is 0 Å². The van der Waals surface area contributed by atoms with Crippen molar-refractivity contribution in [2.24, 2.45) is 0 Å². The standard InChI is InChI=1S/C14H26N4OS/c1-6-11(3)18(8-9-19-4)13-10-12(15-7-2)16-14(17-13)20-5/h10-11H,6-9H2,1-5H3,(H,15,16,17). The van der Waals surface area contributed by atoms with Crippen molar-refractivity contribution < 1.29 is 4.74 Å². The first-order valence-corrected chi connectivity index (χ1v) is 8.31. The molecule has 0 radical (unpaired) electrons. The highest BCUT2D eigenvalue weighted by atomic mass is 32.2. The van der Waals surface area contributed by atoms with E-state index >= 15 is 0 Å². The summed E-state index contributed by atoms with van der Waals surface area (Å²) in [5, 5.41) is 4.06. The van der Waals surface area contributed by atoms with Gasteiger partial charge in [-0.2, -0.15) is 0 Å². The highest BCUT2D eigenvalue weighted by molar-refractivity contribution is 7.98. The minimum atomic E-state index is 0.421. The van der Waals surface area contributed by atoms with Crippen LogP contribution in [0.1, 0.15) is 27.2 Å². The molecule has 0 bridgehead atoms. The molecule has 1 heterocycles. The fourth-order valence-corrected chi connectivity index (χ4v) is 2.27. The summed E-state index contributed by atoms with van der Waals surface area (Å²) in [6.07, 6.45) is 3.07. The monoisotopic (exact) mass is 298 g/mol. The number of hydrogen-bond acceptors (Lipinski definition) is 6. The van der Waals surface area contributed by atoms with Crippen molar-refractivity contribution in [3.63, 3.8) is 0 Å². The predicted molar refractivity (Wildman–Crippen MR) is 87.0 cm³/mol. The molecule has 0 aliphatic heterocycles. The van der Waals surface area contributed by atoms with Crippen molar-refractivity contribution in [2.75, 3.05) is 43.3 Å². The second-order valence-corrected chi connectivity index (χ2v) is 5.35. The van der Waals surface area contributed by atoms with Gasteiger partial charge in [-0.15, -0.1) is 0 Å². The second kappa shape index (κ2) is 9.02. The van der Waals surface area contributed by atoms with Crippen LogP contribution in [0.4, 0.5) is 11.6 Å². The average Bonchev–Trinajstić information content (AvgIpc) is 2.47. The van der Waals surface area contributed by atoms with E-state index < -0.39 is 0 Å². The number of aromatic nitrogens is 2. The summed E-state index contributed by atoms with van der Waals surface area (Å²) in [7, 11) is 1.73. The molecule has 0 aliphatic carbocycles. The summed E-state index contributed by atoms with van der Waals surface area (Å²) < 4.78 is 5.22. The van der Waals surface area contributed by atoms with Gasteiger partial charge in [-0.25, -0.2) is 9.97 Å². The van der Waals surface area contributed by atoms with E-state index in [2.05, 4.69) is 41.0 Å². The molecule has 0 spiro atoms. The van der Waals surface area contributed by atoms with Crippen molar-refractivity contribution in [3.8, 4) is 0 Å². The van der Waals surface area contributed by atoms with Gasteiger partial charge in [-0.3, -0.25) is 0 Å². The molecule has 0 saturated heterocycles. The molecule has 0 saturated carbocycles. The first-order valence-electron chi connectivity index (χ1n) is 7.08. The molecule has 1 rings (SSSR count). The Bertz CT molecular complexity index is 403. The molecule has 1 aromatic heterocycles. The Morgan fingerprint density at radius 1 is 1.40 bits per heavy atom. The van der Waals surface area contributed by atoms with Crippen molar-refractivity contribution in [2.45, 2.75) is 38.4 Å². The van der Waals surface area contributed by atoms with Gasteiger partial charge >= 0.3 is 0 Å². The number of methoxy groups -OCH3 is 1. The Balaban J connectivity index is 3.06. The maximum atomic E-state index is 5.22. The van der Waals surface area contributed by atoms with Crippen LogP contribution in [-0.4, -0.2) is 49.1 Å². The van der Waals surface area contributed by atoms with E-state index in [-0.39, 0.29) is 0 Å². The van der Waals surface area contributed by atoms with Crippen molar-refractivity contribution in [1.82, 2.24) is 9.97 Å². The molecule has 1 N–H and O–H groups in total. The van der Waals surface area contributed by atoms with Crippen LogP contribution in [0.15, 0.2) is 11.2 Å². The highest BCUT2D eigenvalue weighted by Crippen LogP contribution is 2.22. The van der Waals surface area contributed by atoms with Gasteiger partial charge in [0.05, 0.1) is 6.61 Å². The Hall–Kier alpha value is -1.01. The topological polar surface area (TPSA) is 50.3 Å². The highest BCUT2D eigenvalue weighted by Gasteiger charge is 2.16. The molecule has 5 nitrogen and oxygen atoms in total. The van der Waals surface area contributed by atoms with E-state index in [4.69, 9.17) is 4.74 Å². The zero-order valence-electron chi connectivity index (χ0n) is 13.1. The van der Waals surface area contributed by atoms with Crippen molar-refractivity contribution >= 4 is 23.4 Å². The predicted octanol–water partition coefficient (Wildman–Crippen LogP) is 2.88. The molecular formula is C14H26N4OS. The van der Waals surface area contributed by atoms with E-state index in [1.165, 1.54) is 0 Å². The van der Waals surface area contributed by atoms with Crippen molar-refractivity contribution in [3.05, 3.63) is 6.07 Å². The zero-order chi connectivity index (χ0) is 15.0. The lowest BCUT2D eigenvalue weighted by Crippen LogP contribution is -2.36.